The van der Waals surface area contributed by atoms with E-state index in [9.17, 15) is 14.9 Å². The highest BCUT2D eigenvalue weighted by atomic mass is 79.9. The Bertz CT molecular complexity index is 1350. The minimum atomic E-state index is -0.608. The smallest absolute Gasteiger partial charge is 0.410 e. The molecule has 3 heterocycles. The predicted molar refractivity (Wildman–Crippen MR) is 148 cm³/mol. The number of nitriles is 1. The number of ether oxygens (including phenoxy) is 2. The summed E-state index contributed by atoms with van der Waals surface area (Å²) in [6.45, 7) is 11.1. The first-order chi connectivity index (χ1) is 17.2. The van der Waals surface area contributed by atoms with Crippen molar-refractivity contribution in [2.75, 3.05) is 45.2 Å². The molecule has 4 rings (SSSR count). The molecule has 1 aromatic carbocycles. The van der Waals surface area contributed by atoms with Gasteiger partial charge in [0, 0.05) is 37.1 Å². The third-order valence-corrected chi connectivity index (χ3v) is 8.00. The van der Waals surface area contributed by atoms with Crippen LogP contribution in [0.15, 0.2) is 15.3 Å². The highest BCUT2D eigenvalue weighted by molar-refractivity contribution is 9.10. The van der Waals surface area contributed by atoms with E-state index in [1.165, 1.54) is 0 Å². The molecule has 0 N–H and O–H groups in total. The van der Waals surface area contributed by atoms with Crippen molar-refractivity contribution in [3.05, 3.63) is 31.5 Å². The molecule has 1 amide bonds. The molecule has 0 radical (unpaired) electrons. The lowest BCUT2D eigenvalue weighted by atomic mass is 10.0. The Morgan fingerprint density at radius 2 is 1.97 bits per heavy atom. The summed E-state index contributed by atoms with van der Waals surface area (Å²) >= 11 is 10.1. The Hall–Kier alpha value is -2.48. The Kier molecular flexibility index (Phi) is 7.45. The zero-order chi connectivity index (χ0) is 27.4. The van der Waals surface area contributed by atoms with Crippen molar-refractivity contribution < 1.29 is 14.3 Å². The largest absolute Gasteiger partial charge is 0.488 e. The van der Waals surface area contributed by atoms with Crippen LogP contribution in [0.2, 0.25) is 5.02 Å². The van der Waals surface area contributed by atoms with E-state index in [0.29, 0.717) is 51.5 Å². The van der Waals surface area contributed by atoms with Gasteiger partial charge in [-0.15, -0.1) is 0 Å². The lowest BCUT2D eigenvalue weighted by molar-refractivity contribution is 0.0130. The Morgan fingerprint density at radius 1 is 1.30 bits per heavy atom. The van der Waals surface area contributed by atoms with Crippen LogP contribution in [0.4, 0.5) is 10.5 Å². The molecule has 1 fully saturated rings. The standard InChI is InChI=1S/C26H33BrClN5O4/c1-14-11-32(25(35)37-26(3,4)5)15(2)10-31(14)21-17-8-19(28)20(27)23-22(17)33(24(34)18(21)9-29)16(13-36-23)12-30(6)7/h8,14-16H,10-13H2,1-7H3/t14-,15+,16-/m0/s1. The van der Waals surface area contributed by atoms with E-state index < -0.39 is 5.60 Å². The summed E-state index contributed by atoms with van der Waals surface area (Å²) in [6, 6.07) is 3.30. The van der Waals surface area contributed by atoms with Crippen molar-refractivity contribution in [2.45, 2.75) is 58.3 Å². The molecule has 1 saturated heterocycles. The van der Waals surface area contributed by atoms with Crippen LogP contribution in [0.25, 0.3) is 10.9 Å². The average molecular weight is 595 g/mol. The van der Waals surface area contributed by atoms with Crippen molar-refractivity contribution in [3.63, 3.8) is 0 Å². The number of rotatable bonds is 3. The predicted octanol–water partition coefficient (Wildman–Crippen LogP) is 4.62. The van der Waals surface area contributed by atoms with Gasteiger partial charge in [-0.1, -0.05) is 11.6 Å². The van der Waals surface area contributed by atoms with Crippen LogP contribution in [0, 0.1) is 11.3 Å². The number of benzene rings is 1. The fraction of sp³-hybridized carbons (Fsp3) is 0.577. The number of piperazine rings is 1. The van der Waals surface area contributed by atoms with Gasteiger partial charge in [0.1, 0.15) is 23.8 Å². The second-order valence-corrected chi connectivity index (χ2v) is 12.3. The maximum Gasteiger partial charge on any atom is 0.410 e. The van der Waals surface area contributed by atoms with Gasteiger partial charge in [-0.25, -0.2) is 4.79 Å². The van der Waals surface area contributed by atoms with E-state index >= 15 is 0 Å². The molecule has 0 spiro atoms. The highest BCUT2D eigenvalue weighted by Gasteiger charge is 2.38. The van der Waals surface area contributed by atoms with E-state index in [0.717, 1.165) is 0 Å². The second kappa shape index (κ2) is 10.0. The van der Waals surface area contributed by atoms with Crippen LogP contribution in [-0.4, -0.2) is 78.5 Å². The number of carbonyl (C=O) groups is 1. The maximum absolute atomic E-state index is 13.9. The number of aromatic nitrogens is 1. The first-order valence-electron chi connectivity index (χ1n) is 12.3. The Balaban J connectivity index is 1.89. The van der Waals surface area contributed by atoms with Crippen molar-refractivity contribution in [1.82, 2.24) is 14.4 Å². The van der Waals surface area contributed by atoms with Gasteiger partial charge in [-0.05, 0) is 70.7 Å². The van der Waals surface area contributed by atoms with E-state index in [1.54, 1.807) is 15.5 Å². The number of likely N-dealkylation sites (N-methyl/N-ethyl adjacent to an activating group) is 1. The van der Waals surface area contributed by atoms with Crippen molar-refractivity contribution in [3.8, 4) is 11.8 Å². The molecule has 0 bridgehead atoms. The van der Waals surface area contributed by atoms with Crippen LogP contribution in [0.5, 0.6) is 5.75 Å². The molecule has 2 aliphatic rings. The summed E-state index contributed by atoms with van der Waals surface area (Å²) in [5.41, 5.74) is 0.232. The van der Waals surface area contributed by atoms with Gasteiger partial charge in [0.25, 0.3) is 5.56 Å². The SMILES string of the molecule is C[C@@H]1CN(c2c(C#N)c(=O)n3c4c(c(Br)c(Cl)cc24)OC[C@@H]3CN(C)C)[C@@H](C)CN1C(=O)OC(C)(C)C. The van der Waals surface area contributed by atoms with Gasteiger partial charge in [0.2, 0.25) is 0 Å². The van der Waals surface area contributed by atoms with Crippen LogP contribution >= 0.6 is 27.5 Å². The van der Waals surface area contributed by atoms with E-state index in [1.807, 2.05) is 58.5 Å². The number of pyridine rings is 1. The van der Waals surface area contributed by atoms with Crippen LogP contribution in [0.3, 0.4) is 0 Å². The molecular formula is C26H33BrClN5O4. The average Bonchev–Trinajstić information content (AvgIpc) is 2.79. The molecule has 200 valence electrons. The molecule has 0 unspecified atom stereocenters. The molecule has 37 heavy (non-hydrogen) atoms. The van der Waals surface area contributed by atoms with Gasteiger partial charge < -0.3 is 24.2 Å². The normalized spacial score (nSPS) is 21.7. The zero-order valence-corrected chi connectivity index (χ0v) is 24.6. The fourth-order valence-corrected chi connectivity index (χ4v) is 5.78. The number of nitrogens with zero attached hydrogens (tertiary/aromatic N) is 5. The summed E-state index contributed by atoms with van der Waals surface area (Å²) in [4.78, 5) is 32.5. The molecule has 1 aromatic heterocycles. The van der Waals surface area contributed by atoms with Crippen molar-refractivity contribution in [2.24, 2.45) is 0 Å². The molecule has 2 aliphatic heterocycles. The van der Waals surface area contributed by atoms with Gasteiger partial charge in [-0.3, -0.25) is 9.36 Å². The van der Waals surface area contributed by atoms with Crippen molar-refractivity contribution >= 4 is 50.2 Å². The number of hydrogen-bond donors (Lipinski definition) is 0. The van der Waals surface area contributed by atoms with Gasteiger partial charge in [0.15, 0.2) is 5.75 Å². The minimum Gasteiger partial charge on any atom is -0.488 e. The molecule has 3 atom stereocenters. The topological polar surface area (TPSA) is 91.0 Å². The number of anilines is 1. The monoisotopic (exact) mass is 593 g/mol. The summed E-state index contributed by atoms with van der Waals surface area (Å²) < 4.78 is 14.0. The Morgan fingerprint density at radius 3 is 2.57 bits per heavy atom. The molecule has 0 aliphatic carbocycles. The van der Waals surface area contributed by atoms with Gasteiger partial charge >= 0.3 is 6.09 Å². The zero-order valence-electron chi connectivity index (χ0n) is 22.3. The number of amides is 1. The van der Waals surface area contributed by atoms with Gasteiger partial charge in [-0.2, -0.15) is 5.26 Å². The van der Waals surface area contributed by atoms with Gasteiger partial charge in [0.05, 0.1) is 26.7 Å². The molecule has 11 heteroatoms. The highest BCUT2D eigenvalue weighted by Crippen LogP contribution is 2.46. The van der Waals surface area contributed by atoms with Crippen LogP contribution in [0.1, 0.15) is 46.2 Å². The van der Waals surface area contributed by atoms with Crippen LogP contribution < -0.4 is 15.2 Å². The van der Waals surface area contributed by atoms with E-state index in [-0.39, 0.29) is 41.9 Å². The number of carbonyl (C=O) groups excluding carboxylic acids is 1. The lowest BCUT2D eigenvalue weighted by Gasteiger charge is -2.46. The summed E-state index contributed by atoms with van der Waals surface area (Å²) in [6.07, 6.45) is -0.379. The minimum absolute atomic E-state index is 0.0623. The van der Waals surface area contributed by atoms with E-state index in [2.05, 4.69) is 22.0 Å². The quantitative estimate of drug-likeness (QED) is 0.512. The first kappa shape index (κ1) is 27.6. The summed E-state index contributed by atoms with van der Waals surface area (Å²) in [7, 11) is 3.87. The molecular weight excluding hydrogens is 562 g/mol. The summed E-state index contributed by atoms with van der Waals surface area (Å²) in [5, 5.41) is 11.4. The third kappa shape index (κ3) is 5.01. The van der Waals surface area contributed by atoms with Crippen molar-refractivity contribution in [1.29, 1.82) is 5.26 Å². The second-order valence-electron chi connectivity index (χ2n) is 11.1. The van der Waals surface area contributed by atoms with Crippen LogP contribution in [-0.2, 0) is 4.74 Å². The maximum atomic E-state index is 13.9. The lowest BCUT2D eigenvalue weighted by Crippen LogP contribution is -2.59. The third-order valence-electron chi connectivity index (χ3n) is 6.69. The van der Waals surface area contributed by atoms with E-state index in [4.69, 9.17) is 21.1 Å². The molecule has 9 nitrogen and oxygen atoms in total. The fourth-order valence-electron chi connectivity index (χ4n) is 5.17. The molecule has 2 aromatic rings. The summed E-state index contributed by atoms with van der Waals surface area (Å²) in [5.74, 6) is 0.494. The number of hydrogen-bond acceptors (Lipinski definition) is 7. The Labute approximate surface area is 230 Å². The molecule has 0 saturated carbocycles. The first-order valence-corrected chi connectivity index (χ1v) is 13.5. The number of halogens is 2.